The number of aliphatic imine (C=N–C) groups is 1. The molecule has 4 rings (SSSR count). The molecule has 0 spiro atoms. The van der Waals surface area contributed by atoms with Crippen molar-refractivity contribution >= 4 is 39.3 Å². The van der Waals surface area contributed by atoms with E-state index >= 15 is 0 Å². The maximum Gasteiger partial charge on any atom is 0.255 e. The molecule has 0 atom stereocenters. The number of aromatic nitrogens is 1. The molecule has 212 valence electrons. The standard InChI is InChI=1S/C31H39N5O3S/c1-21-24(8-7-9-27(21)35-30(37)23-10-12-26(13-11-23)31(2,3)4)18-25-19-28(34-29(25)33-20-32-5)22-14-16-36(17-15-22)40(6,38)39/h7-14,19-20,34H,15-18H2,1-6H3,(H,32,33)(H,35,37). The first-order valence-electron chi connectivity index (χ1n) is 13.4. The first-order valence-corrected chi connectivity index (χ1v) is 15.3. The van der Waals surface area contributed by atoms with Crippen LogP contribution in [0.1, 0.15) is 65.5 Å². The van der Waals surface area contributed by atoms with Crippen LogP contribution in [0.3, 0.4) is 0 Å². The van der Waals surface area contributed by atoms with Crippen molar-refractivity contribution in [1.82, 2.24) is 9.29 Å². The molecule has 1 amide bonds. The average molecular weight is 562 g/mol. The Morgan fingerprint density at radius 1 is 1.12 bits per heavy atom. The van der Waals surface area contributed by atoms with Gasteiger partial charge in [0.2, 0.25) is 10.0 Å². The zero-order chi connectivity index (χ0) is 29.1. The van der Waals surface area contributed by atoms with Gasteiger partial charge in [-0.1, -0.05) is 51.1 Å². The number of carbonyl (C=O) groups is 1. The molecule has 3 N–H and O–H groups in total. The number of sulfonamides is 1. The van der Waals surface area contributed by atoms with E-state index in [0.717, 1.165) is 39.5 Å². The second-order valence-electron chi connectivity index (χ2n) is 11.3. The average Bonchev–Trinajstić information content (AvgIpc) is 3.31. The third-order valence-corrected chi connectivity index (χ3v) is 8.58. The Hall–Kier alpha value is -3.69. The van der Waals surface area contributed by atoms with Crippen molar-refractivity contribution in [2.24, 2.45) is 4.99 Å². The number of hydrogen-bond acceptors (Lipinski definition) is 4. The molecule has 0 saturated heterocycles. The normalized spacial score (nSPS) is 14.8. The predicted molar refractivity (Wildman–Crippen MR) is 165 cm³/mol. The molecule has 9 heteroatoms. The van der Waals surface area contributed by atoms with Gasteiger partial charge in [0.1, 0.15) is 5.82 Å². The number of carbonyl (C=O) groups excluding carboxylic acids is 1. The zero-order valence-corrected chi connectivity index (χ0v) is 24.9. The molecule has 1 aliphatic heterocycles. The van der Waals surface area contributed by atoms with Crippen molar-refractivity contribution < 1.29 is 13.2 Å². The van der Waals surface area contributed by atoms with Gasteiger partial charge in [0, 0.05) is 43.5 Å². The van der Waals surface area contributed by atoms with Crippen LogP contribution in [0.4, 0.5) is 11.5 Å². The summed E-state index contributed by atoms with van der Waals surface area (Å²) in [4.78, 5) is 20.6. The van der Waals surface area contributed by atoms with Gasteiger partial charge in [-0.2, -0.15) is 4.31 Å². The Bertz CT molecular complexity index is 1540. The molecule has 2 heterocycles. The second kappa shape index (κ2) is 11.8. The first-order chi connectivity index (χ1) is 18.9. The minimum absolute atomic E-state index is 0.0265. The van der Waals surface area contributed by atoms with Gasteiger partial charge < -0.3 is 15.6 Å². The van der Waals surface area contributed by atoms with Crippen LogP contribution in [0.5, 0.6) is 0 Å². The van der Waals surface area contributed by atoms with Gasteiger partial charge in [-0.25, -0.2) is 8.42 Å². The number of anilines is 2. The predicted octanol–water partition coefficient (Wildman–Crippen LogP) is 5.58. The van der Waals surface area contributed by atoms with Gasteiger partial charge in [0.05, 0.1) is 12.6 Å². The van der Waals surface area contributed by atoms with Gasteiger partial charge in [-0.15, -0.1) is 0 Å². The van der Waals surface area contributed by atoms with Crippen LogP contribution in [0, 0.1) is 6.92 Å². The maximum atomic E-state index is 13.0. The van der Waals surface area contributed by atoms with E-state index in [-0.39, 0.29) is 11.3 Å². The number of benzene rings is 2. The highest BCUT2D eigenvalue weighted by Crippen LogP contribution is 2.30. The molecule has 0 bridgehead atoms. The van der Waals surface area contributed by atoms with Gasteiger partial charge in [0.15, 0.2) is 0 Å². The minimum Gasteiger partial charge on any atom is -0.341 e. The summed E-state index contributed by atoms with van der Waals surface area (Å²) in [6.07, 6.45) is 6.11. The van der Waals surface area contributed by atoms with Gasteiger partial charge in [0.25, 0.3) is 5.91 Å². The largest absolute Gasteiger partial charge is 0.341 e. The molecule has 2 aromatic carbocycles. The molecular formula is C31H39N5O3S. The monoisotopic (exact) mass is 561 g/mol. The quantitative estimate of drug-likeness (QED) is 0.246. The number of H-pyrrole nitrogens is 1. The summed E-state index contributed by atoms with van der Waals surface area (Å²) in [7, 11) is -1.51. The van der Waals surface area contributed by atoms with E-state index in [9.17, 15) is 13.2 Å². The highest BCUT2D eigenvalue weighted by molar-refractivity contribution is 7.88. The van der Waals surface area contributed by atoms with Crippen molar-refractivity contribution in [2.45, 2.75) is 46.0 Å². The third kappa shape index (κ3) is 6.89. The topological polar surface area (TPSA) is 107 Å². The van der Waals surface area contributed by atoms with Gasteiger partial charge in [-0.3, -0.25) is 9.79 Å². The summed E-state index contributed by atoms with van der Waals surface area (Å²) >= 11 is 0. The Kier molecular flexibility index (Phi) is 8.65. The fraction of sp³-hybridized carbons (Fsp3) is 0.355. The molecule has 0 saturated carbocycles. The van der Waals surface area contributed by atoms with Crippen molar-refractivity contribution in [3.05, 3.63) is 88.1 Å². The number of amides is 1. The number of aromatic amines is 1. The van der Waals surface area contributed by atoms with E-state index < -0.39 is 10.0 Å². The van der Waals surface area contributed by atoms with E-state index in [1.165, 1.54) is 16.1 Å². The summed E-state index contributed by atoms with van der Waals surface area (Å²) in [6, 6.07) is 15.8. The molecule has 1 aromatic heterocycles. The van der Waals surface area contributed by atoms with Crippen LogP contribution in [-0.2, 0) is 21.9 Å². The van der Waals surface area contributed by atoms with E-state index in [0.29, 0.717) is 31.5 Å². The molecule has 0 fully saturated rings. The summed E-state index contributed by atoms with van der Waals surface area (Å²) in [6.45, 7) is 9.29. The molecule has 3 aromatic rings. The van der Waals surface area contributed by atoms with Crippen LogP contribution in [-0.4, -0.2) is 56.3 Å². The van der Waals surface area contributed by atoms with Crippen molar-refractivity contribution in [2.75, 3.05) is 37.0 Å². The molecule has 1 aliphatic rings. The van der Waals surface area contributed by atoms with E-state index in [2.05, 4.69) is 53.5 Å². The number of nitrogens with zero attached hydrogens (tertiary/aromatic N) is 2. The molecular weight excluding hydrogens is 522 g/mol. The summed E-state index contributed by atoms with van der Waals surface area (Å²) in [5, 5.41) is 6.31. The highest BCUT2D eigenvalue weighted by Gasteiger charge is 2.22. The molecule has 8 nitrogen and oxygen atoms in total. The summed E-state index contributed by atoms with van der Waals surface area (Å²) in [5.41, 5.74) is 7.78. The van der Waals surface area contributed by atoms with Gasteiger partial charge in [-0.05, 0) is 70.9 Å². The lowest BCUT2D eigenvalue weighted by molar-refractivity contribution is 0.102. The van der Waals surface area contributed by atoms with Crippen LogP contribution < -0.4 is 10.6 Å². The van der Waals surface area contributed by atoms with Crippen LogP contribution in [0.2, 0.25) is 0 Å². The number of nitrogens with one attached hydrogen (secondary N) is 3. The Morgan fingerprint density at radius 3 is 2.45 bits per heavy atom. The van der Waals surface area contributed by atoms with Crippen molar-refractivity contribution in [3.8, 4) is 0 Å². The highest BCUT2D eigenvalue weighted by atomic mass is 32.2. The smallest absolute Gasteiger partial charge is 0.255 e. The van der Waals surface area contributed by atoms with Crippen LogP contribution in [0.15, 0.2) is 59.6 Å². The third-order valence-electron chi connectivity index (χ3n) is 7.31. The lowest BCUT2D eigenvalue weighted by Crippen LogP contribution is -2.33. The Balaban J connectivity index is 1.55. The fourth-order valence-corrected chi connectivity index (χ4v) is 5.56. The molecule has 0 aliphatic carbocycles. The molecule has 40 heavy (non-hydrogen) atoms. The van der Waals surface area contributed by atoms with Crippen LogP contribution in [0.25, 0.3) is 5.57 Å². The second-order valence-corrected chi connectivity index (χ2v) is 13.2. The minimum atomic E-state index is -3.21. The number of hydrogen-bond donors (Lipinski definition) is 3. The van der Waals surface area contributed by atoms with Crippen molar-refractivity contribution in [1.29, 1.82) is 0 Å². The Morgan fingerprint density at radius 2 is 1.85 bits per heavy atom. The lowest BCUT2D eigenvalue weighted by Gasteiger charge is -2.23. The van der Waals surface area contributed by atoms with Gasteiger partial charge >= 0.3 is 0 Å². The van der Waals surface area contributed by atoms with Crippen molar-refractivity contribution in [3.63, 3.8) is 0 Å². The van der Waals surface area contributed by atoms with E-state index in [1.807, 2.05) is 49.4 Å². The molecule has 0 unspecified atom stereocenters. The maximum absolute atomic E-state index is 13.0. The molecule has 0 radical (unpaired) electrons. The zero-order valence-electron chi connectivity index (χ0n) is 24.1. The first kappa shape index (κ1) is 29.3. The van der Waals surface area contributed by atoms with E-state index in [1.54, 1.807) is 13.4 Å². The number of rotatable bonds is 8. The SMILES string of the molecule is CN=CNc1[nH]c(C2=CCN(S(C)(=O)=O)CC2)cc1Cc1cccc(NC(=O)c2ccc(C(C)(C)C)cc2)c1C. The van der Waals surface area contributed by atoms with E-state index in [4.69, 9.17) is 0 Å². The van der Waals surface area contributed by atoms with Crippen LogP contribution >= 0.6 is 0 Å². The summed E-state index contributed by atoms with van der Waals surface area (Å²) in [5.74, 6) is 0.693. The summed E-state index contributed by atoms with van der Waals surface area (Å²) < 4.78 is 25.3. The lowest BCUT2D eigenvalue weighted by atomic mass is 9.86. The fourth-order valence-electron chi connectivity index (χ4n) is 4.80. The Labute approximate surface area is 237 Å².